The Kier molecular flexibility index (Phi) is 7.46. The van der Waals surface area contributed by atoms with Crippen molar-refractivity contribution < 1.29 is 13.2 Å². The molecule has 28 heavy (non-hydrogen) atoms. The van der Waals surface area contributed by atoms with E-state index in [1.165, 1.54) is 35.0 Å². The number of sulfone groups is 1. The third-order valence-corrected chi connectivity index (χ3v) is 7.18. The molecule has 0 unspecified atom stereocenters. The highest BCUT2D eigenvalue weighted by molar-refractivity contribution is 7.90. The van der Waals surface area contributed by atoms with Gasteiger partial charge in [-0.05, 0) is 44.4 Å². The van der Waals surface area contributed by atoms with Gasteiger partial charge in [0.2, 0.25) is 0 Å². The summed E-state index contributed by atoms with van der Waals surface area (Å²) in [7, 11) is 0.559. The maximum Gasteiger partial charge on any atom is 0.270 e. The van der Waals surface area contributed by atoms with Crippen LogP contribution in [-0.2, 0) is 9.84 Å². The third kappa shape index (κ3) is 5.22. The maximum absolute atomic E-state index is 13.0. The molecule has 0 radical (unpaired) electrons. The Balaban J connectivity index is 0.00000280. The lowest BCUT2D eigenvalue weighted by atomic mass is 10.3. The molecule has 0 atom stereocenters. The van der Waals surface area contributed by atoms with Gasteiger partial charge in [-0.1, -0.05) is 22.9 Å². The van der Waals surface area contributed by atoms with E-state index in [2.05, 4.69) is 4.98 Å². The Morgan fingerprint density at radius 3 is 2.43 bits per heavy atom. The second-order valence-electron chi connectivity index (χ2n) is 6.26. The predicted molar refractivity (Wildman–Crippen MR) is 120 cm³/mol. The van der Waals surface area contributed by atoms with Crippen LogP contribution >= 0.6 is 46.7 Å². The monoisotopic (exact) mass is 479 g/mol. The summed E-state index contributed by atoms with van der Waals surface area (Å²) in [5.41, 5.74) is 0.661. The molecule has 0 saturated carbocycles. The second kappa shape index (κ2) is 9.06. The first-order valence-corrected chi connectivity index (χ1v) is 11.9. The van der Waals surface area contributed by atoms with Crippen molar-refractivity contribution in [3.05, 3.63) is 39.5 Å². The van der Waals surface area contributed by atoms with E-state index in [4.69, 9.17) is 11.6 Å². The van der Waals surface area contributed by atoms with Crippen LogP contribution in [0.1, 0.15) is 9.67 Å². The van der Waals surface area contributed by atoms with Crippen LogP contribution in [0.15, 0.2) is 35.2 Å². The zero-order valence-corrected chi connectivity index (χ0v) is 19.4. The van der Waals surface area contributed by atoms with Gasteiger partial charge in [0.15, 0.2) is 15.0 Å². The summed E-state index contributed by atoms with van der Waals surface area (Å²) >= 11 is 8.50. The summed E-state index contributed by atoms with van der Waals surface area (Å²) in [5.74, 6) is -0.170. The van der Waals surface area contributed by atoms with Gasteiger partial charge in [-0.2, -0.15) is 0 Å². The minimum absolute atomic E-state index is 0. The molecule has 11 heteroatoms. The average molecular weight is 480 g/mol. The quantitative estimate of drug-likeness (QED) is 0.533. The van der Waals surface area contributed by atoms with Gasteiger partial charge in [0, 0.05) is 19.3 Å². The molecule has 0 fully saturated rings. The molecular weight excluding hydrogens is 461 g/mol. The Bertz CT molecular complexity index is 1090. The van der Waals surface area contributed by atoms with E-state index in [9.17, 15) is 13.2 Å². The van der Waals surface area contributed by atoms with Crippen molar-refractivity contribution in [3.8, 4) is 0 Å². The van der Waals surface area contributed by atoms with E-state index >= 15 is 0 Å². The summed E-state index contributed by atoms with van der Waals surface area (Å²) in [6.45, 7) is 1.12. The largest absolute Gasteiger partial charge is 0.308 e. The van der Waals surface area contributed by atoms with Crippen molar-refractivity contribution in [2.45, 2.75) is 4.90 Å². The number of benzene rings is 1. The molecule has 0 aliphatic rings. The maximum atomic E-state index is 13.0. The van der Waals surface area contributed by atoms with Gasteiger partial charge in [0.25, 0.3) is 5.91 Å². The number of halogens is 2. The number of likely N-dealkylation sites (N-methyl/N-ethyl adjacent to an activating group) is 1. The third-order valence-electron chi connectivity index (χ3n) is 3.81. The summed E-state index contributed by atoms with van der Waals surface area (Å²) in [6, 6.07) is 8.20. The minimum atomic E-state index is -3.30. The van der Waals surface area contributed by atoms with Crippen LogP contribution in [0.4, 0.5) is 5.13 Å². The van der Waals surface area contributed by atoms with Gasteiger partial charge in [0.1, 0.15) is 0 Å². The van der Waals surface area contributed by atoms with E-state index in [0.29, 0.717) is 33.0 Å². The van der Waals surface area contributed by atoms with Crippen LogP contribution < -0.4 is 4.90 Å². The molecule has 3 aromatic rings. The fraction of sp³-hybridized carbons (Fsp3) is 0.294. The van der Waals surface area contributed by atoms with Gasteiger partial charge < -0.3 is 4.90 Å². The van der Waals surface area contributed by atoms with E-state index in [1.807, 2.05) is 19.0 Å². The van der Waals surface area contributed by atoms with E-state index < -0.39 is 9.84 Å². The number of thiophene rings is 1. The number of hydrogen-bond donors (Lipinski definition) is 0. The lowest BCUT2D eigenvalue weighted by Crippen LogP contribution is -2.36. The molecule has 0 N–H and O–H groups in total. The highest BCUT2D eigenvalue weighted by Crippen LogP contribution is 2.32. The van der Waals surface area contributed by atoms with Gasteiger partial charge in [-0.15, -0.1) is 23.7 Å². The topological polar surface area (TPSA) is 70.6 Å². The van der Waals surface area contributed by atoms with Crippen LogP contribution in [-0.4, -0.2) is 57.6 Å². The summed E-state index contributed by atoms with van der Waals surface area (Å²) in [6.07, 6.45) is 1.17. The molecule has 152 valence electrons. The first-order chi connectivity index (χ1) is 12.6. The first-order valence-electron chi connectivity index (χ1n) is 7.98. The zero-order valence-electron chi connectivity index (χ0n) is 15.4. The molecule has 1 aromatic carbocycles. The number of rotatable bonds is 6. The Labute approximate surface area is 183 Å². The highest BCUT2D eigenvalue weighted by atomic mass is 35.5. The number of aromatic nitrogens is 1. The smallest absolute Gasteiger partial charge is 0.270 e. The molecule has 1 amide bonds. The Hall–Kier alpha value is -1.23. The Morgan fingerprint density at radius 1 is 1.14 bits per heavy atom. The van der Waals surface area contributed by atoms with Gasteiger partial charge >= 0.3 is 0 Å². The van der Waals surface area contributed by atoms with Crippen molar-refractivity contribution in [2.75, 3.05) is 38.3 Å². The van der Waals surface area contributed by atoms with Gasteiger partial charge in [-0.25, -0.2) is 13.4 Å². The van der Waals surface area contributed by atoms with Crippen LogP contribution in [0.25, 0.3) is 10.2 Å². The molecule has 0 aliphatic carbocycles. The van der Waals surface area contributed by atoms with Crippen LogP contribution in [0.2, 0.25) is 4.34 Å². The fourth-order valence-electron chi connectivity index (χ4n) is 2.39. The molecule has 0 spiro atoms. The molecule has 0 saturated heterocycles. The Morgan fingerprint density at radius 2 is 1.86 bits per heavy atom. The summed E-state index contributed by atoms with van der Waals surface area (Å²) in [5, 5.41) is 0.534. The number of anilines is 1. The summed E-state index contributed by atoms with van der Waals surface area (Å²) < 4.78 is 24.9. The van der Waals surface area contributed by atoms with Crippen LogP contribution in [0.3, 0.4) is 0 Å². The number of hydrogen-bond acceptors (Lipinski definition) is 7. The number of nitrogens with zero attached hydrogens (tertiary/aromatic N) is 3. The van der Waals surface area contributed by atoms with Gasteiger partial charge in [0.05, 0.1) is 24.3 Å². The molecule has 0 bridgehead atoms. The summed E-state index contributed by atoms with van der Waals surface area (Å²) in [4.78, 5) is 21.9. The van der Waals surface area contributed by atoms with Crippen LogP contribution in [0, 0.1) is 0 Å². The first kappa shape index (κ1) is 23.1. The van der Waals surface area contributed by atoms with Crippen molar-refractivity contribution in [2.24, 2.45) is 0 Å². The highest BCUT2D eigenvalue weighted by Gasteiger charge is 2.23. The number of thiazole rings is 1. The lowest BCUT2D eigenvalue weighted by Gasteiger charge is -2.21. The fourth-order valence-corrected chi connectivity index (χ4v) is 5.13. The molecule has 2 aromatic heterocycles. The molecule has 3 rings (SSSR count). The average Bonchev–Trinajstić information content (AvgIpc) is 3.19. The number of amides is 1. The van der Waals surface area contributed by atoms with Gasteiger partial charge in [-0.3, -0.25) is 9.69 Å². The predicted octanol–water partition coefficient (Wildman–Crippen LogP) is 4.04. The molecule has 6 nitrogen and oxygen atoms in total. The van der Waals surface area contributed by atoms with Crippen LogP contribution in [0.5, 0.6) is 0 Å². The van der Waals surface area contributed by atoms with E-state index in [-0.39, 0.29) is 23.2 Å². The normalized spacial score (nSPS) is 11.6. The SMILES string of the molecule is CN(C)CCN(C(=O)c1ccc(Cl)s1)c1nc2ccc(S(C)(=O)=O)cc2s1.Cl. The second-order valence-corrected chi connectivity index (χ2v) is 11.0. The van der Waals surface area contributed by atoms with Crippen molar-refractivity contribution >= 4 is 77.8 Å². The minimum Gasteiger partial charge on any atom is -0.308 e. The molecule has 2 heterocycles. The number of fused-ring (bicyclic) bond motifs is 1. The number of carbonyl (C=O) groups is 1. The molecule has 0 aliphatic heterocycles. The van der Waals surface area contributed by atoms with Crippen molar-refractivity contribution in [1.82, 2.24) is 9.88 Å². The van der Waals surface area contributed by atoms with E-state index in [0.717, 1.165) is 4.70 Å². The number of carbonyl (C=O) groups excluding carboxylic acids is 1. The van der Waals surface area contributed by atoms with Crippen molar-refractivity contribution in [1.29, 1.82) is 0 Å². The van der Waals surface area contributed by atoms with E-state index in [1.54, 1.807) is 29.2 Å². The molecular formula is C17H19Cl2N3O3S3. The lowest BCUT2D eigenvalue weighted by molar-refractivity contribution is 0.0989. The van der Waals surface area contributed by atoms with Crippen molar-refractivity contribution in [3.63, 3.8) is 0 Å². The zero-order chi connectivity index (χ0) is 19.8. The standard InChI is InChI=1S/C17H18ClN3O3S3.ClH/c1-20(2)8-9-21(16(22)13-6-7-15(18)25-13)17-19-12-5-4-11(27(3,23)24)10-14(12)26-17;/h4-7,10H,8-9H2,1-3H3;1H.